The van der Waals surface area contributed by atoms with Crippen molar-refractivity contribution in [2.24, 2.45) is 5.92 Å². The van der Waals surface area contributed by atoms with Gasteiger partial charge in [-0.25, -0.2) is 0 Å². The summed E-state index contributed by atoms with van der Waals surface area (Å²) in [5.74, 6) is -0.178. The highest BCUT2D eigenvalue weighted by molar-refractivity contribution is 5.81. The van der Waals surface area contributed by atoms with Crippen LogP contribution in [0, 0.1) is 5.92 Å². The molecule has 2 aliphatic rings. The van der Waals surface area contributed by atoms with Crippen molar-refractivity contribution >= 4 is 5.97 Å². The molecular weight excluding hydrogens is 326 g/mol. The molecule has 4 heteroatoms. The Labute approximate surface area is 154 Å². The minimum Gasteiger partial charge on any atom is -0.464 e. The molecule has 0 N–H and O–H groups in total. The molecule has 2 aromatic rings. The number of esters is 1. The maximum Gasteiger partial charge on any atom is 0.310 e. The van der Waals surface area contributed by atoms with Gasteiger partial charge in [-0.2, -0.15) is 0 Å². The molecule has 2 fully saturated rings. The van der Waals surface area contributed by atoms with Crippen LogP contribution >= 0.6 is 0 Å². The lowest BCUT2D eigenvalue weighted by atomic mass is 9.86. The van der Waals surface area contributed by atoms with E-state index >= 15 is 0 Å². The Bertz CT molecular complexity index is 686. The van der Waals surface area contributed by atoms with Crippen LogP contribution in [0.5, 0.6) is 0 Å². The Hall–Kier alpha value is -2.17. The third kappa shape index (κ3) is 3.39. The first kappa shape index (κ1) is 17.3. The van der Waals surface area contributed by atoms with E-state index < -0.39 is 0 Å². The Balaban J connectivity index is 1.44. The van der Waals surface area contributed by atoms with Crippen molar-refractivity contribution in [3.63, 3.8) is 0 Å². The Morgan fingerprint density at radius 1 is 1.00 bits per heavy atom. The summed E-state index contributed by atoms with van der Waals surface area (Å²) in [6, 6.07) is 20.7. The van der Waals surface area contributed by atoms with E-state index in [-0.39, 0.29) is 17.3 Å². The molecule has 0 aromatic heterocycles. The Kier molecular flexibility index (Phi) is 5.05. The van der Waals surface area contributed by atoms with Gasteiger partial charge in [-0.3, -0.25) is 9.69 Å². The maximum absolute atomic E-state index is 12.7. The quantitative estimate of drug-likeness (QED) is 0.750. The van der Waals surface area contributed by atoms with Crippen LogP contribution < -0.4 is 0 Å². The standard InChI is InChI=1S/C22H25NO3/c24-21(26-16-13-23-11-14-25-15-12-23)20-17-22(20,18-7-3-1-4-8-18)19-9-5-2-6-10-19/h1-10,20H,11-17H2. The molecule has 1 saturated carbocycles. The average Bonchev–Trinajstić information content (AvgIpc) is 3.47. The molecule has 1 aliphatic heterocycles. The molecule has 0 bridgehead atoms. The van der Waals surface area contributed by atoms with Crippen LogP contribution in [-0.2, 0) is 19.7 Å². The maximum atomic E-state index is 12.7. The summed E-state index contributed by atoms with van der Waals surface area (Å²) in [6.07, 6.45) is 0.817. The van der Waals surface area contributed by atoms with E-state index in [9.17, 15) is 4.79 Å². The van der Waals surface area contributed by atoms with E-state index in [1.165, 1.54) is 11.1 Å². The van der Waals surface area contributed by atoms with Crippen LogP contribution in [-0.4, -0.2) is 50.3 Å². The van der Waals surface area contributed by atoms with Gasteiger partial charge in [0, 0.05) is 25.0 Å². The monoisotopic (exact) mass is 351 g/mol. The summed E-state index contributed by atoms with van der Waals surface area (Å²) in [5, 5.41) is 0. The minimum absolute atomic E-state index is 0.0778. The van der Waals surface area contributed by atoms with E-state index in [0.717, 1.165) is 39.3 Å². The molecule has 1 unspecified atom stereocenters. The largest absolute Gasteiger partial charge is 0.464 e. The van der Waals surface area contributed by atoms with Gasteiger partial charge in [0.25, 0.3) is 0 Å². The number of morpholine rings is 1. The lowest BCUT2D eigenvalue weighted by molar-refractivity contribution is -0.146. The van der Waals surface area contributed by atoms with Crippen LogP contribution in [0.4, 0.5) is 0 Å². The van der Waals surface area contributed by atoms with Gasteiger partial charge in [0.15, 0.2) is 0 Å². The number of carbonyl (C=O) groups is 1. The van der Waals surface area contributed by atoms with Crippen LogP contribution in [0.15, 0.2) is 60.7 Å². The Morgan fingerprint density at radius 3 is 2.15 bits per heavy atom. The molecule has 1 heterocycles. The van der Waals surface area contributed by atoms with E-state index in [4.69, 9.17) is 9.47 Å². The topological polar surface area (TPSA) is 38.8 Å². The fourth-order valence-electron chi connectivity index (χ4n) is 4.02. The third-order valence-electron chi connectivity index (χ3n) is 5.58. The first-order chi connectivity index (χ1) is 12.8. The molecule has 1 atom stereocenters. The first-order valence-corrected chi connectivity index (χ1v) is 9.38. The predicted molar refractivity (Wildman–Crippen MR) is 100.0 cm³/mol. The van der Waals surface area contributed by atoms with Crippen LogP contribution in [0.25, 0.3) is 0 Å². The lowest BCUT2D eigenvalue weighted by Crippen LogP contribution is -2.38. The third-order valence-corrected chi connectivity index (χ3v) is 5.58. The highest BCUT2D eigenvalue weighted by Gasteiger charge is 2.61. The zero-order chi connectivity index (χ0) is 17.8. The summed E-state index contributed by atoms with van der Waals surface area (Å²) < 4.78 is 11.0. The van der Waals surface area contributed by atoms with Crippen molar-refractivity contribution in [3.05, 3.63) is 71.8 Å². The second-order valence-corrected chi connectivity index (χ2v) is 7.08. The molecule has 0 radical (unpaired) electrons. The highest BCUT2D eigenvalue weighted by Crippen LogP contribution is 2.59. The molecule has 26 heavy (non-hydrogen) atoms. The van der Waals surface area contributed by atoms with E-state index in [2.05, 4.69) is 29.2 Å². The summed E-state index contributed by atoms with van der Waals surface area (Å²) in [6.45, 7) is 4.60. The van der Waals surface area contributed by atoms with Gasteiger partial charge in [-0.1, -0.05) is 60.7 Å². The molecule has 4 rings (SSSR count). The molecule has 136 valence electrons. The number of benzene rings is 2. The molecular formula is C22H25NO3. The van der Waals surface area contributed by atoms with Crippen molar-refractivity contribution < 1.29 is 14.3 Å². The number of hydrogen-bond acceptors (Lipinski definition) is 4. The van der Waals surface area contributed by atoms with Gasteiger partial charge in [-0.05, 0) is 17.5 Å². The fourth-order valence-corrected chi connectivity index (χ4v) is 4.02. The van der Waals surface area contributed by atoms with Crippen molar-refractivity contribution in [2.75, 3.05) is 39.5 Å². The van der Waals surface area contributed by atoms with Crippen molar-refractivity contribution in [3.8, 4) is 0 Å². The molecule has 2 aromatic carbocycles. The van der Waals surface area contributed by atoms with Crippen molar-refractivity contribution in [1.82, 2.24) is 4.90 Å². The minimum atomic E-state index is -0.238. The molecule has 1 saturated heterocycles. The highest BCUT2D eigenvalue weighted by atomic mass is 16.5. The summed E-state index contributed by atoms with van der Waals surface area (Å²) >= 11 is 0. The van der Waals surface area contributed by atoms with Gasteiger partial charge in [0.05, 0.1) is 19.1 Å². The zero-order valence-electron chi connectivity index (χ0n) is 15.0. The summed E-state index contributed by atoms with van der Waals surface area (Å²) in [4.78, 5) is 15.0. The number of ether oxygens (including phenoxy) is 2. The van der Waals surface area contributed by atoms with E-state index in [1.54, 1.807) is 0 Å². The zero-order valence-corrected chi connectivity index (χ0v) is 15.0. The number of hydrogen-bond donors (Lipinski definition) is 0. The van der Waals surface area contributed by atoms with E-state index in [0.29, 0.717) is 6.61 Å². The smallest absolute Gasteiger partial charge is 0.310 e. The van der Waals surface area contributed by atoms with Gasteiger partial charge < -0.3 is 9.47 Å². The molecule has 4 nitrogen and oxygen atoms in total. The number of carbonyl (C=O) groups excluding carboxylic acids is 1. The van der Waals surface area contributed by atoms with Crippen molar-refractivity contribution in [1.29, 1.82) is 0 Å². The SMILES string of the molecule is O=C(OCCN1CCOCC1)C1CC1(c1ccccc1)c1ccccc1. The van der Waals surface area contributed by atoms with Crippen LogP contribution in [0.2, 0.25) is 0 Å². The van der Waals surface area contributed by atoms with Crippen LogP contribution in [0.3, 0.4) is 0 Å². The Morgan fingerprint density at radius 2 is 1.58 bits per heavy atom. The normalized spacial score (nSPS) is 21.9. The predicted octanol–water partition coefficient (Wildman–Crippen LogP) is 2.87. The second-order valence-electron chi connectivity index (χ2n) is 7.08. The van der Waals surface area contributed by atoms with E-state index in [1.807, 2.05) is 36.4 Å². The molecule has 0 spiro atoms. The summed E-state index contributed by atoms with van der Waals surface area (Å²) in [7, 11) is 0. The summed E-state index contributed by atoms with van der Waals surface area (Å²) in [5.41, 5.74) is 2.15. The van der Waals surface area contributed by atoms with Gasteiger partial charge in [0.1, 0.15) is 6.61 Å². The first-order valence-electron chi connectivity index (χ1n) is 9.38. The fraction of sp³-hybridized carbons (Fsp3) is 0.409. The van der Waals surface area contributed by atoms with Crippen molar-refractivity contribution in [2.45, 2.75) is 11.8 Å². The number of rotatable bonds is 6. The lowest BCUT2D eigenvalue weighted by Gasteiger charge is -2.26. The van der Waals surface area contributed by atoms with Gasteiger partial charge in [0.2, 0.25) is 0 Å². The number of nitrogens with zero attached hydrogens (tertiary/aromatic N) is 1. The average molecular weight is 351 g/mol. The van der Waals surface area contributed by atoms with Gasteiger partial charge in [-0.15, -0.1) is 0 Å². The molecule has 1 aliphatic carbocycles. The molecule has 0 amide bonds. The second kappa shape index (κ2) is 7.60. The van der Waals surface area contributed by atoms with Crippen LogP contribution in [0.1, 0.15) is 17.5 Å². The van der Waals surface area contributed by atoms with Gasteiger partial charge >= 0.3 is 5.97 Å².